The van der Waals surface area contributed by atoms with Gasteiger partial charge in [0.2, 0.25) is 6.79 Å². The lowest BCUT2D eigenvalue weighted by Crippen LogP contribution is -1.92. The molecule has 1 aliphatic heterocycles. The summed E-state index contributed by atoms with van der Waals surface area (Å²) in [6.07, 6.45) is 0. The van der Waals surface area contributed by atoms with Crippen molar-refractivity contribution < 1.29 is 9.47 Å². The smallest absolute Gasteiger partial charge is 0.231 e. The number of fused-ring (bicyclic) bond motifs is 4. The number of hydrogen-bond acceptors (Lipinski definition) is 3. The van der Waals surface area contributed by atoms with Gasteiger partial charge < -0.3 is 9.47 Å². The van der Waals surface area contributed by atoms with E-state index in [-0.39, 0.29) is 14.9 Å². The fourth-order valence-electron chi connectivity index (χ4n) is 3.47. The van der Waals surface area contributed by atoms with Gasteiger partial charge in [-0.2, -0.15) is 11.3 Å². The second kappa shape index (κ2) is 18.0. The molecular formula is C33H44O2S. The van der Waals surface area contributed by atoms with Crippen LogP contribution in [0.4, 0.5) is 0 Å². The quantitative estimate of drug-likeness (QED) is 0.195. The lowest BCUT2D eigenvalue weighted by Gasteiger charge is -2.06. The Morgan fingerprint density at radius 2 is 1.14 bits per heavy atom. The highest BCUT2D eigenvalue weighted by Gasteiger charge is 2.11. The third-order valence-electron chi connectivity index (χ3n) is 4.93. The van der Waals surface area contributed by atoms with Crippen molar-refractivity contribution in [3.63, 3.8) is 0 Å². The number of benzene rings is 4. The molecule has 0 unspecified atom stereocenters. The van der Waals surface area contributed by atoms with E-state index in [2.05, 4.69) is 61.5 Å². The normalized spacial score (nSPS) is 9.83. The molecule has 0 radical (unpaired) electrons. The molecule has 0 N–H and O–H groups in total. The Bertz CT molecular complexity index is 1230. The van der Waals surface area contributed by atoms with Crippen molar-refractivity contribution in [3.05, 3.63) is 107 Å². The molecule has 1 aromatic heterocycles. The zero-order valence-electron chi connectivity index (χ0n) is 21.2. The van der Waals surface area contributed by atoms with Gasteiger partial charge in [-0.3, -0.25) is 0 Å². The van der Waals surface area contributed by atoms with E-state index in [1.165, 1.54) is 32.7 Å². The van der Waals surface area contributed by atoms with E-state index in [9.17, 15) is 0 Å². The van der Waals surface area contributed by atoms with Crippen LogP contribution in [-0.2, 0) is 0 Å². The Morgan fingerprint density at radius 3 is 1.75 bits per heavy atom. The van der Waals surface area contributed by atoms with Gasteiger partial charge >= 0.3 is 0 Å². The lowest BCUT2D eigenvalue weighted by molar-refractivity contribution is 0.174. The summed E-state index contributed by atoms with van der Waals surface area (Å²) in [5.41, 5.74) is 2.55. The van der Waals surface area contributed by atoms with Crippen molar-refractivity contribution in [2.45, 2.75) is 56.4 Å². The zero-order valence-corrected chi connectivity index (χ0v) is 22.0. The third kappa shape index (κ3) is 9.05. The summed E-state index contributed by atoms with van der Waals surface area (Å²) in [4.78, 5) is 0. The van der Waals surface area contributed by atoms with E-state index in [0.717, 1.165) is 11.5 Å². The first-order valence-corrected chi connectivity index (χ1v) is 12.9. The molecule has 1 aliphatic rings. The molecule has 2 heterocycles. The minimum absolute atomic E-state index is 0. The summed E-state index contributed by atoms with van der Waals surface area (Å²) < 4.78 is 10.3. The predicted molar refractivity (Wildman–Crippen MR) is 164 cm³/mol. The molecule has 0 saturated heterocycles. The van der Waals surface area contributed by atoms with Gasteiger partial charge in [0.15, 0.2) is 11.5 Å². The monoisotopic (exact) mass is 504 g/mol. The first-order chi connectivity index (χ1) is 16.7. The zero-order chi connectivity index (χ0) is 24.8. The molecule has 0 atom stereocenters. The Balaban J connectivity index is 0.000000508. The van der Waals surface area contributed by atoms with Gasteiger partial charge in [-0.05, 0) is 69.4 Å². The van der Waals surface area contributed by atoms with Crippen LogP contribution >= 0.6 is 11.3 Å². The maximum Gasteiger partial charge on any atom is 0.231 e. The molecule has 2 nitrogen and oxygen atoms in total. The molecule has 0 saturated carbocycles. The molecule has 0 amide bonds. The van der Waals surface area contributed by atoms with E-state index in [1.807, 2.05) is 75.7 Å². The topological polar surface area (TPSA) is 18.5 Å². The maximum atomic E-state index is 5.16. The molecule has 4 aromatic carbocycles. The highest BCUT2D eigenvalue weighted by atomic mass is 32.1. The fourth-order valence-corrected chi connectivity index (χ4v) is 3.93. The minimum atomic E-state index is 0. The van der Waals surface area contributed by atoms with Gasteiger partial charge in [0.25, 0.3) is 0 Å². The summed E-state index contributed by atoms with van der Waals surface area (Å²) in [7, 11) is 0. The molecule has 3 heteroatoms. The SMILES string of the molecule is C.C.CC.CC.Cc1cc2ccccc2c2ccccc12.Cc1ccc2c(c1)OCO2.c1ccsc1. The van der Waals surface area contributed by atoms with Crippen LogP contribution in [0.5, 0.6) is 11.5 Å². The number of thiophene rings is 1. The molecule has 0 aliphatic carbocycles. The largest absolute Gasteiger partial charge is 0.454 e. The third-order valence-corrected chi connectivity index (χ3v) is 5.56. The Kier molecular flexibility index (Phi) is 16.4. The van der Waals surface area contributed by atoms with Crippen LogP contribution in [0.25, 0.3) is 21.5 Å². The fraction of sp³-hybridized carbons (Fsp3) is 0.273. The summed E-state index contributed by atoms with van der Waals surface area (Å²) in [5, 5.41) is 9.47. The molecule has 5 aromatic rings. The van der Waals surface area contributed by atoms with E-state index < -0.39 is 0 Å². The van der Waals surface area contributed by atoms with E-state index in [4.69, 9.17) is 9.47 Å². The highest BCUT2D eigenvalue weighted by molar-refractivity contribution is 7.07. The number of rotatable bonds is 0. The average Bonchev–Trinajstić information content (AvgIpc) is 3.62. The summed E-state index contributed by atoms with van der Waals surface area (Å²) in [6.45, 7) is 12.6. The van der Waals surface area contributed by atoms with E-state index >= 15 is 0 Å². The number of ether oxygens (including phenoxy) is 2. The van der Waals surface area contributed by atoms with Crippen molar-refractivity contribution in [3.8, 4) is 11.5 Å². The van der Waals surface area contributed by atoms with Gasteiger partial charge in [-0.15, -0.1) is 0 Å². The van der Waals surface area contributed by atoms with Crippen molar-refractivity contribution in [2.75, 3.05) is 6.79 Å². The van der Waals surface area contributed by atoms with Crippen LogP contribution in [0, 0.1) is 13.8 Å². The molecule has 194 valence electrons. The molecule has 0 bridgehead atoms. The van der Waals surface area contributed by atoms with Crippen molar-refractivity contribution >= 4 is 32.9 Å². The van der Waals surface area contributed by atoms with Crippen molar-refractivity contribution in [2.24, 2.45) is 0 Å². The van der Waals surface area contributed by atoms with E-state index in [1.54, 1.807) is 11.3 Å². The molecule has 36 heavy (non-hydrogen) atoms. The van der Waals surface area contributed by atoms with Crippen LogP contribution in [0.1, 0.15) is 53.7 Å². The van der Waals surface area contributed by atoms with Crippen LogP contribution < -0.4 is 9.47 Å². The van der Waals surface area contributed by atoms with Gasteiger partial charge in [0.05, 0.1) is 0 Å². The first-order valence-electron chi connectivity index (χ1n) is 11.9. The summed E-state index contributed by atoms with van der Waals surface area (Å²) >= 11 is 1.71. The van der Waals surface area contributed by atoms with Gasteiger partial charge in [0, 0.05) is 0 Å². The second-order valence-electron chi connectivity index (χ2n) is 7.11. The van der Waals surface area contributed by atoms with Gasteiger partial charge in [-0.25, -0.2) is 0 Å². The second-order valence-corrected chi connectivity index (χ2v) is 7.93. The Labute approximate surface area is 223 Å². The maximum absolute atomic E-state index is 5.16. The summed E-state index contributed by atoms with van der Waals surface area (Å²) in [5.74, 6) is 1.71. The van der Waals surface area contributed by atoms with Crippen LogP contribution in [0.2, 0.25) is 0 Å². The van der Waals surface area contributed by atoms with Crippen molar-refractivity contribution in [1.29, 1.82) is 0 Å². The van der Waals surface area contributed by atoms with E-state index in [0.29, 0.717) is 6.79 Å². The molecule has 0 spiro atoms. The van der Waals surface area contributed by atoms with Crippen LogP contribution in [-0.4, -0.2) is 6.79 Å². The minimum Gasteiger partial charge on any atom is -0.454 e. The van der Waals surface area contributed by atoms with Crippen molar-refractivity contribution in [1.82, 2.24) is 0 Å². The molecular weight excluding hydrogens is 460 g/mol. The van der Waals surface area contributed by atoms with Crippen LogP contribution in [0.15, 0.2) is 95.7 Å². The Morgan fingerprint density at radius 1 is 0.583 bits per heavy atom. The molecule has 6 rings (SSSR count). The number of hydrogen-bond donors (Lipinski definition) is 0. The standard InChI is InChI=1S/C15H12.C8H8O2.C4H4S.2C2H6.2CH4/c1-11-10-12-6-2-3-8-14(12)15-9-5-4-7-13(11)15;1-6-2-3-7-8(4-6)10-5-9-7;1-2-4-5-3-1;2*1-2;;/h2-10H,1H3;2-4H,5H2,1H3;1-4H;2*1-2H3;2*1H4. The lowest BCUT2D eigenvalue weighted by atomic mass is 9.98. The first kappa shape index (κ1) is 32.7. The summed E-state index contributed by atoms with van der Waals surface area (Å²) in [6, 6.07) is 29.4. The van der Waals surface area contributed by atoms with Gasteiger partial charge in [-0.1, -0.05) is 115 Å². The molecule has 0 fully saturated rings. The predicted octanol–water partition coefficient (Wildman–Crippen LogP) is 11.1. The Hall–Kier alpha value is -3.30. The average molecular weight is 505 g/mol. The number of aryl methyl sites for hydroxylation is 2. The van der Waals surface area contributed by atoms with Crippen LogP contribution in [0.3, 0.4) is 0 Å². The highest BCUT2D eigenvalue weighted by Crippen LogP contribution is 2.32. The van der Waals surface area contributed by atoms with Gasteiger partial charge in [0.1, 0.15) is 0 Å².